The molecular weight excluding hydrogens is 1420 g/mol. The molecule has 0 radical (unpaired) electrons. The molecule has 0 spiro atoms. The van der Waals surface area contributed by atoms with Crippen LogP contribution in [0.3, 0.4) is 0 Å². The third kappa shape index (κ3) is 19.9. The number of ketones is 2. The minimum atomic E-state index is -1.02. The van der Waals surface area contributed by atoms with Gasteiger partial charge in [-0.1, -0.05) is 123 Å². The molecule has 6 aromatic carbocycles. The minimum Gasteiger partial charge on any atom is -1.00 e. The zero-order valence-corrected chi connectivity index (χ0v) is 51.9. The molecule has 2 amide bonds. The first-order valence-corrected chi connectivity index (χ1v) is 25.8. The van der Waals surface area contributed by atoms with Gasteiger partial charge in [-0.2, -0.15) is 39.9 Å². The van der Waals surface area contributed by atoms with Gasteiger partial charge in [0.2, 0.25) is 0 Å². The van der Waals surface area contributed by atoms with Crippen molar-refractivity contribution in [3.63, 3.8) is 0 Å². The predicted octanol–water partition coefficient (Wildman–Crippen LogP) is 8.63. The third-order valence-corrected chi connectivity index (χ3v) is 11.7. The molecule has 9 aromatic rings. The standard InChI is InChI=1S/C15H11BrN2O.C10H10BrN3O2.C8H5BrN2O2.C8H4BrNO2.C7H7.C2H7NO.CH3I.BrH.Mg/c16-11-6-7-12-13(9-11)17-18-15(12)14(19)8-10-4-2-1-3-5-10;1-14(16-2)10(15)9-7-4-3-6(11)5-8(7)12-13-9;9-4-1-2-5-6(3-4)10-11-7(5)8(12)13;9-4-1-2-5-6(3-4)10-8(12)7(5)11;1-7-5-3-2-4-6-7;1-3-4-2;1-2;;/h1-7,9H,8H2,(H,17,18);3-5H,1-2H3,(H,12,13);1-3H,(H,10,11)(H,12,13);1-3H,(H,10,11,12);2-6H,1H2;3H,1-2H3;1H3;1H;/q;;;;-1;;;;+2/p-1/i;;;;;;1D;;. The van der Waals surface area contributed by atoms with Gasteiger partial charge in [-0.05, 0) is 83.3 Å². The number of rotatable bonds is 7. The number of amides is 2. The Labute approximate surface area is 507 Å². The number of hydroxylamine groups is 3. The van der Waals surface area contributed by atoms with Crippen molar-refractivity contribution in [2.24, 2.45) is 0 Å². The Hall–Kier alpha value is -4.87. The number of aromatic nitrogens is 6. The van der Waals surface area contributed by atoms with Crippen LogP contribution < -0.4 is 27.8 Å². The molecule has 4 heterocycles. The van der Waals surface area contributed by atoms with Gasteiger partial charge in [0.1, 0.15) is 5.69 Å². The van der Waals surface area contributed by atoms with E-state index in [4.69, 9.17) is 11.3 Å². The molecule has 0 unspecified atom stereocenters. The van der Waals surface area contributed by atoms with E-state index in [0.717, 1.165) is 55.9 Å². The fraction of sp³-hybridized carbons (Fsp3) is 0.118. The number of H-pyrrole nitrogens is 3. The maximum absolute atomic E-state index is 12.3. The van der Waals surface area contributed by atoms with E-state index < -0.39 is 17.7 Å². The van der Waals surface area contributed by atoms with Crippen molar-refractivity contribution in [2.75, 3.05) is 38.5 Å². The summed E-state index contributed by atoms with van der Waals surface area (Å²) in [7, 11) is 6.25. The van der Waals surface area contributed by atoms with Gasteiger partial charge in [0, 0.05) is 55.9 Å². The monoisotopic (exact) mass is 1460 g/mol. The van der Waals surface area contributed by atoms with Gasteiger partial charge in [-0.3, -0.25) is 39.3 Å². The summed E-state index contributed by atoms with van der Waals surface area (Å²) in [6.45, 7) is 3.72. The van der Waals surface area contributed by atoms with Crippen molar-refractivity contribution < 1.29 is 57.1 Å². The van der Waals surface area contributed by atoms with E-state index in [0.29, 0.717) is 44.9 Å². The van der Waals surface area contributed by atoms with E-state index in [-0.39, 0.29) is 57.4 Å². The Morgan fingerprint density at radius 3 is 1.56 bits per heavy atom. The number of fused-ring (bicyclic) bond motifs is 4. The molecule has 0 fully saturated rings. The van der Waals surface area contributed by atoms with E-state index in [9.17, 15) is 24.0 Å². The van der Waals surface area contributed by atoms with Crippen LogP contribution in [0.2, 0.25) is 0 Å². The number of aromatic amines is 3. The van der Waals surface area contributed by atoms with Crippen LogP contribution in [0.5, 0.6) is 0 Å². The number of Topliss-reactive ketones (excluding diaryl/α,β-unsaturated/α-hetero) is 2. The van der Waals surface area contributed by atoms with Crippen molar-refractivity contribution in [3.8, 4) is 0 Å². The SMILES string of the molecule is CNOC.CON(C)C(=O)c1n[nH]c2cc(Br)ccc12.O=C(Cc1ccccc1)c1n[nH]c2cc(Br)ccc12.O=C(O)c1n[nH]c2cc(Br)ccc12.O=C1Nc2cc(Br)ccc2C1=O.[2H]CI.[Br-].[CH2-]c1ccccc1.[Mg+2]. The van der Waals surface area contributed by atoms with Crippen LogP contribution in [-0.2, 0) is 20.9 Å². The molecule has 75 heavy (non-hydrogen) atoms. The molecule has 1 aliphatic rings. The molecule has 17 nitrogen and oxygen atoms in total. The van der Waals surface area contributed by atoms with E-state index in [1.54, 1.807) is 57.6 Å². The summed E-state index contributed by atoms with van der Waals surface area (Å²) >= 11 is 15.2. The van der Waals surface area contributed by atoms with E-state index >= 15 is 0 Å². The molecule has 0 bridgehead atoms. The Morgan fingerprint density at radius 1 is 0.707 bits per heavy atom. The molecule has 0 saturated carbocycles. The van der Waals surface area contributed by atoms with Gasteiger partial charge in [-0.25, -0.2) is 15.3 Å². The number of alkyl halides is 1. The van der Waals surface area contributed by atoms with Crippen LogP contribution in [0.25, 0.3) is 32.7 Å². The quantitative estimate of drug-likeness (QED) is 0.0167. The molecule has 3 aromatic heterocycles. The number of carbonyl (C=O) groups excluding carboxylic acids is 4. The van der Waals surface area contributed by atoms with Crippen LogP contribution in [0, 0.1) is 6.92 Å². The number of nitrogens with zero attached hydrogens (tertiary/aromatic N) is 4. The Kier molecular flexibility index (Phi) is 29.2. The average molecular weight is 1470 g/mol. The Bertz CT molecular complexity index is 3320. The molecule has 6 N–H and O–H groups in total. The molecule has 388 valence electrons. The van der Waals surface area contributed by atoms with Crippen LogP contribution in [-0.4, -0.2) is 126 Å². The fourth-order valence-electron chi connectivity index (χ4n) is 6.21. The Balaban J connectivity index is 0.000000320. The van der Waals surface area contributed by atoms with Gasteiger partial charge in [-0.15, -0.1) is 12.1 Å². The van der Waals surface area contributed by atoms with Crippen LogP contribution in [0.4, 0.5) is 5.69 Å². The van der Waals surface area contributed by atoms with E-state index in [1.807, 2.05) is 120 Å². The number of benzene rings is 6. The number of nitrogens with one attached hydrogen (secondary N) is 5. The summed E-state index contributed by atoms with van der Waals surface area (Å²) in [4.78, 5) is 66.3. The second-order valence-corrected chi connectivity index (χ2v) is 18.2. The van der Waals surface area contributed by atoms with Gasteiger partial charge < -0.3 is 32.2 Å². The maximum atomic E-state index is 12.3. The van der Waals surface area contributed by atoms with Gasteiger partial charge in [0.05, 0.1) is 42.0 Å². The Morgan fingerprint density at radius 2 is 1.12 bits per heavy atom. The second kappa shape index (κ2) is 34.0. The normalized spacial score (nSPS) is 10.6. The van der Waals surface area contributed by atoms with Crippen LogP contribution in [0.15, 0.2) is 151 Å². The number of aromatic carboxylic acids is 1. The van der Waals surface area contributed by atoms with E-state index in [2.05, 4.69) is 117 Å². The van der Waals surface area contributed by atoms with Crippen LogP contribution >= 0.6 is 86.3 Å². The second-order valence-electron chi connectivity index (χ2n) is 14.5. The molecule has 10 rings (SSSR count). The average Bonchev–Trinajstić information content (AvgIpc) is 4.19. The summed E-state index contributed by atoms with van der Waals surface area (Å²) < 4.78 is 9.82. The summed E-state index contributed by atoms with van der Waals surface area (Å²) in [6, 6.07) is 41.2. The van der Waals surface area contributed by atoms with Gasteiger partial charge in [0.25, 0.3) is 17.6 Å². The van der Waals surface area contributed by atoms with Crippen molar-refractivity contribution >= 4 is 177 Å². The van der Waals surface area contributed by atoms with Crippen molar-refractivity contribution in [3.05, 3.63) is 192 Å². The van der Waals surface area contributed by atoms with Gasteiger partial charge in [0.15, 0.2) is 17.2 Å². The van der Waals surface area contributed by atoms with E-state index in [1.165, 1.54) is 7.11 Å². The molecule has 0 saturated heterocycles. The molecule has 24 heteroatoms. The molecular formula is C51H47Br5IMgN9O8. The number of anilines is 1. The zero-order valence-electron chi connectivity index (χ0n) is 41.4. The fourth-order valence-corrected chi connectivity index (χ4v) is 7.65. The summed E-state index contributed by atoms with van der Waals surface area (Å²) in [5.74, 6) is -2.29. The van der Waals surface area contributed by atoms with Crippen molar-refractivity contribution in [1.29, 1.82) is 0 Å². The third-order valence-electron chi connectivity index (χ3n) is 9.74. The number of carbonyl (C=O) groups is 5. The number of carboxylic acid groups (broad SMARTS) is 1. The van der Waals surface area contributed by atoms with Gasteiger partial charge >= 0.3 is 29.0 Å². The van der Waals surface area contributed by atoms with Crippen molar-refractivity contribution in [1.82, 2.24) is 41.1 Å². The first kappa shape index (κ1) is 64.4. The smallest absolute Gasteiger partial charge is 1.00 e. The number of carboxylic acids is 1. The summed E-state index contributed by atoms with van der Waals surface area (Å²) in [5.41, 5.74) is 8.84. The first-order chi connectivity index (χ1) is 35.5. The minimum absolute atomic E-state index is 0. The predicted molar refractivity (Wildman–Crippen MR) is 312 cm³/mol. The first-order valence-electron chi connectivity index (χ1n) is 21.8. The summed E-state index contributed by atoms with van der Waals surface area (Å²) in [6.07, 6.45) is 0.372. The number of hydrogen-bond donors (Lipinski definition) is 6. The van der Waals surface area contributed by atoms with Crippen LogP contribution in [0.1, 0.15) is 54.3 Å². The number of halogens is 6. The summed E-state index contributed by atoms with van der Waals surface area (Å²) in [5, 5.41) is 34.8. The molecule has 0 atom stereocenters. The molecule has 1 aliphatic heterocycles. The largest absolute Gasteiger partial charge is 2.00 e. The number of hydrogen-bond acceptors (Lipinski definition) is 11. The van der Waals surface area contributed by atoms with Crippen molar-refractivity contribution in [2.45, 2.75) is 6.42 Å². The zero-order chi connectivity index (χ0) is 54.3. The maximum Gasteiger partial charge on any atom is 2.00 e. The molecule has 0 aliphatic carbocycles. The topological polar surface area (TPSA) is 237 Å².